The molecule has 0 fully saturated rings. The van der Waals surface area contributed by atoms with E-state index in [0.29, 0.717) is 0 Å². The van der Waals surface area contributed by atoms with Crippen LogP contribution >= 0.6 is 0 Å². The van der Waals surface area contributed by atoms with Crippen molar-refractivity contribution in [2.24, 2.45) is 0 Å². The van der Waals surface area contributed by atoms with Gasteiger partial charge in [0.1, 0.15) is 4.90 Å². The molecule has 0 aliphatic carbocycles. The first-order valence-electron chi connectivity index (χ1n) is 3.27. The van der Waals surface area contributed by atoms with Gasteiger partial charge in [-0.3, -0.25) is 4.79 Å². The average molecular weight is 207 g/mol. The van der Waals surface area contributed by atoms with Crippen molar-refractivity contribution in [1.82, 2.24) is 4.72 Å². The summed E-state index contributed by atoms with van der Waals surface area (Å²) in [5, 5.41) is 0. The van der Waals surface area contributed by atoms with Gasteiger partial charge in [-0.15, -0.1) is 0 Å². The number of fused-ring (bicyclic) bond motifs is 1. The van der Waals surface area contributed by atoms with E-state index >= 15 is 0 Å². The van der Waals surface area contributed by atoms with E-state index in [1.54, 1.807) is 12.1 Å². The average Bonchev–Trinajstić information content (AvgIpc) is 2.25. The minimum absolute atomic E-state index is 0. The zero-order chi connectivity index (χ0) is 8.77. The molecule has 1 aromatic rings. The molecule has 6 heteroatoms. The Kier molecular flexibility index (Phi) is 2.65. The Balaban J connectivity index is 0.000000845. The van der Waals surface area contributed by atoms with Gasteiger partial charge in [0.05, 0.1) is 5.56 Å². The molecule has 1 aromatic carbocycles. The Labute approximate surface area is 91.5 Å². The zero-order valence-electron chi connectivity index (χ0n) is 6.65. The van der Waals surface area contributed by atoms with Crippen LogP contribution in [0.25, 0.3) is 0 Å². The van der Waals surface area contributed by atoms with E-state index < -0.39 is 15.9 Å². The molecule has 0 spiro atoms. The second-order valence-electron chi connectivity index (χ2n) is 2.43. The van der Waals surface area contributed by atoms with Gasteiger partial charge in [0.15, 0.2) is 0 Å². The Hall–Kier alpha value is -0.594. The van der Waals surface area contributed by atoms with Crippen LogP contribution in [0.4, 0.5) is 0 Å². The third-order valence-electron chi connectivity index (χ3n) is 1.65. The number of carbonyl (C=O) groups is 1. The van der Waals surface area contributed by atoms with Crippen LogP contribution in [0.3, 0.4) is 0 Å². The van der Waals surface area contributed by atoms with Gasteiger partial charge in [-0.05, 0) is 12.1 Å². The number of hydrogen-bond donors (Lipinski definition) is 1. The molecule has 4 nitrogen and oxygen atoms in total. The fraction of sp³-hybridized carbons (Fsp3) is 0. The van der Waals surface area contributed by atoms with Crippen LogP contribution in [0, 0.1) is 0 Å². The molecular weight excluding hydrogens is 202 g/mol. The molecule has 0 radical (unpaired) electrons. The number of sulfonamides is 1. The molecule has 62 valence electrons. The molecular formula is C7H5MgNO3S+2. The molecule has 0 saturated heterocycles. The van der Waals surface area contributed by atoms with Crippen molar-refractivity contribution in [2.45, 2.75) is 4.90 Å². The standard InChI is InChI=1S/C7H5NO3S.Mg/c9-7-5-3-1-2-4-6(5)12(10,11)8-7;/h1-4H,(H,8,9);/q;+2. The summed E-state index contributed by atoms with van der Waals surface area (Å²) < 4.78 is 24.2. The summed E-state index contributed by atoms with van der Waals surface area (Å²) in [5.74, 6) is -0.550. The van der Waals surface area contributed by atoms with Gasteiger partial charge in [-0.1, -0.05) is 12.1 Å². The number of nitrogens with one attached hydrogen (secondary N) is 1. The summed E-state index contributed by atoms with van der Waals surface area (Å²) in [6.45, 7) is 0. The molecule has 0 bridgehead atoms. The summed E-state index contributed by atoms with van der Waals surface area (Å²) in [6.07, 6.45) is 0. The van der Waals surface area contributed by atoms with Gasteiger partial charge in [0.25, 0.3) is 15.9 Å². The van der Waals surface area contributed by atoms with Gasteiger partial charge >= 0.3 is 23.1 Å². The largest absolute Gasteiger partial charge is 2.00 e. The predicted octanol–water partition coefficient (Wildman–Crippen LogP) is -0.262. The third kappa shape index (κ3) is 1.56. The van der Waals surface area contributed by atoms with Crippen LogP contribution in [0.2, 0.25) is 0 Å². The number of carbonyl (C=O) groups excluding carboxylic acids is 1. The molecule has 1 aliphatic rings. The molecule has 13 heavy (non-hydrogen) atoms. The summed E-state index contributed by atoms with van der Waals surface area (Å²) in [6, 6.07) is 6.09. The van der Waals surface area contributed by atoms with E-state index in [1.165, 1.54) is 12.1 Å². The molecule has 1 amide bonds. The molecule has 1 aliphatic heterocycles. The van der Waals surface area contributed by atoms with E-state index in [9.17, 15) is 13.2 Å². The fourth-order valence-electron chi connectivity index (χ4n) is 1.12. The van der Waals surface area contributed by atoms with Crippen LogP contribution < -0.4 is 4.72 Å². The van der Waals surface area contributed by atoms with Crippen LogP contribution in [0.15, 0.2) is 29.2 Å². The molecule has 2 rings (SSSR count). The smallest absolute Gasteiger partial charge is 0.268 e. The van der Waals surface area contributed by atoms with Crippen LogP contribution in [-0.4, -0.2) is 37.4 Å². The molecule has 0 aromatic heterocycles. The zero-order valence-corrected chi connectivity index (χ0v) is 8.88. The molecule has 0 atom stereocenters. The van der Waals surface area contributed by atoms with Crippen LogP contribution in [0.5, 0.6) is 0 Å². The minimum Gasteiger partial charge on any atom is -0.268 e. The van der Waals surface area contributed by atoms with Gasteiger partial charge in [-0.25, -0.2) is 13.1 Å². The third-order valence-corrected chi connectivity index (χ3v) is 3.04. The first kappa shape index (κ1) is 10.5. The van der Waals surface area contributed by atoms with Gasteiger partial charge < -0.3 is 0 Å². The SMILES string of the molecule is O=C1NS(=O)(=O)c2ccccc21.[Mg+2]. The number of benzene rings is 1. The monoisotopic (exact) mass is 207 g/mol. The van der Waals surface area contributed by atoms with Crippen molar-refractivity contribution in [1.29, 1.82) is 0 Å². The predicted molar refractivity (Wildman–Crippen MR) is 46.8 cm³/mol. The minimum atomic E-state index is -3.55. The maximum atomic E-state index is 11.1. The number of amides is 1. The Bertz CT molecular complexity index is 455. The second-order valence-corrected chi connectivity index (χ2v) is 4.08. The van der Waals surface area contributed by atoms with Crippen LogP contribution in [-0.2, 0) is 10.0 Å². The normalized spacial score (nSPS) is 17.1. The fourth-order valence-corrected chi connectivity index (χ4v) is 2.29. The quantitative estimate of drug-likeness (QED) is 0.596. The van der Waals surface area contributed by atoms with E-state index in [2.05, 4.69) is 0 Å². The van der Waals surface area contributed by atoms with E-state index in [0.717, 1.165) is 0 Å². The van der Waals surface area contributed by atoms with E-state index in [-0.39, 0.29) is 33.5 Å². The summed E-state index contributed by atoms with van der Waals surface area (Å²) in [7, 11) is -3.55. The molecule has 1 N–H and O–H groups in total. The van der Waals surface area contributed by atoms with Crippen molar-refractivity contribution in [2.75, 3.05) is 0 Å². The Morgan fingerprint density at radius 3 is 2.38 bits per heavy atom. The maximum Gasteiger partial charge on any atom is 2.00 e. The topological polar surface area (TPSA) is 63.2 Å². The first-order chi connectivity index (χ1) is 5.61. The van der Waals surface area contributed by atoms with Crippen molar-refractivity contribution in [3.8, 4) is 0 Å². The second kappa shape index (κ2) is 3.28. The van der Waals surface area contributed by atoms with Crippen molar-refractivity contribution < 1.29 is 13.2 Å². The van der Waals surface area contributed by atoms with Crippen LogP contribution in [0.1, 0.15) is 10.4 Å². The van der Waals surface area contributed by atoms with Gasteiger partial charge in [0.2, 0.25) is 0 Å². The van der Waals surface area contributed by atoms with Crippen molar-refractivity contribution in [3.63, 3.8) is 0 Å². The van der Waals surface area contributed by atoms with E-state index in [1.807, 2.05) is 4.72 Å². The maximum absolute atomic E-state index is 11.1. The summed E-state index contributed by atoms with van der Waals surface area (Å²) >= 11 is 0. The Morgan fingerprint density at radius 2 is 1.77 bits per heavy atom. The molecule has 0 unspecified atom stereocenters. The Morgan fingerprint density at radius 1 is 1.15 bits per heavy atom. The summed E-state index contributed by atoms with van der Waals surface area (Å²) in [4.78, 5) is 11.1. The first-order valence-corrected chi connectivity index (χ1v) is 4.76. The molecule has 0 saturated carbocycles. The van der Waals surface area contributed by atoms with E-state index in [4.69, 9.17) is 0 Å². The van der Waals surface area contributed by atoms with Crippen molar-refractivity contribution in [3.05, 3.63) is 29.8 Å². The van der Waals surface area contributed by atoms with Gasteiger partial charge in [0, 0.05) is 0 Å². The number of hydrogen-bond acceptors (Lipinski definition) is 3. The molecule has 1 heterocycles. The van der Waals surface area contributed by atoms with Crippen molar-refractivity contribution >= 4 is 39.0 Å². The number of rotatable bonds is 0. The summed E-state index contributed by atoms with van der Waals surface area (Å²) in [5.41, 5.74) is 0.220. The van der Waals surface area contributed by atoms with Gasteiger partial charge in [-0.2, -0.15) is 0 Å².